The van der Waals surface area contributed by atoms with Crippen LogP contribution in [0.3, 0.4) is 0 Å². The van der Waals surface area contributed by atoms with Crippen LogP contribution in [0, 0.1) is 0 Å². The van der Waals surface area contributed by atoms with Gasteiger partial charge in [0.1, 0.15) is 0 Å². The second-order valence-electron chi connectivity index (χ2n) is 4.68. The molecule has 3 atom stereocenters. The SMILES string of the molecule is CC1CN(CC2COCCO2)C(C)CN1. The highest BCUT2D eigenvalue weighted by Crippen LogP contribution is 2.10. The molecule has 0 radical (unpaired) electrons. The van der Waals surface area contributed by atoms with E-state index in [0.29, 0.717) is 12.1 Å². The number of hydrogen-bond donors (Lipinski definition) is 1. The van der Waals surface area contributed by atoms with Crippen molar-refractivity contribution in [2.45, 2.75) is 32.0 Å². The van der Waals surface area contributed by atoms with E-state index < -0.39 is 0 Å². The van der Waals surface area contributed by atoms with Crippen LogP contribution in [0.25, 0.3) is 0 Å². The number of rotatable bonds is 2. The van der Waals surface area contributed by atoms with Crippen LogP contribution in [-0.4, -0.2) is 62.5 Å². The van der Waals surface area contributed by atoms with E-state index >= 15 is 0 Å². The zero-order chi connectivity index (χ0) is 10.7. The molecule has 0 aromatic heterocycles. The molecular formula is C11H22N2O2. The largest absolute Gasteiger partial charge is 0.376 e. The molecule has 4 heteroatoms. The molecule has 2 aliphatic rings. The number of piperazine rings is 1. The molecule has 0 aromatic rings. The molecule has 2 rings (SSSR count). The summed E-state index contributed by atoms with van der Waals surface area (Å²) in [7, 11) is 0. The van der Waals surface area contributed by atoms with Crippen molar-refractivity contribution >= 4 is 0 Å². The van der Waals surface area contributed by atoms with E-state index in [1.807, 2.05) is 0 Å². The fourth-order valence-electron chi connectivity index (χ4n) is 2.26. The van der Waals surface area contributed by atoms with Gasteiger partial charge in [-0.25, -0.2) is 0 Å². The Kier molecular flexibility index (Phi) is 3.97. The Balaban J connectivity index is 1.80. The molecule has 0 aliphatic carbocycles. The van der Waals surface area contributed by atoms with Crippen LogP contribution in [0.2, 0.25) is 0 Å². The first kappa shape index (κ1) is 11.3. The Morgan fingerprint density at radius 3 is 2.93 bits per heavy atom. The first-order chi connectivity index (χ1) is 7.25. The van der Waals surface area contributed by atoms with Crippen LogP contribution in [0.5, 0.6) is 0 Å². The van der Waals surface area contributed by atoms with Crippen molar-refractivity contribution in [1.82, 2.24) is 10.2 Å². The minimum absolute atomic E-state index is 0.270. The van der Waals surface area contributed by atoms with Crippen LogP contribution in [0.15, 0.2) is 0 Å². The highest BCUT2D eigenvalue weighted by molar-refractivity contribution is 4.83. The van der Waals surface area contributed by atoms with Crippen molar-refractivity contribution in [2.24, 2.45) is 0 Å². The number of nitrogens with one attached hydrogen (secondary N) is 1. The van der Waals surface area contributed by atoms with Gasteiger partial charge in [-0.05, 0) is 13.8 Å². The normalized spacial score (nSPS) is 39.2. The van der Waals surface area contributed by atoms with E-state index in [4.69, 9.17) is 9.47 Å². The quantitative estimate of drug-likeness (QED) is 0.706. The summed E-state index contributed by atoms with van der Waals surface area (Å²) < 4.78 is 11.1. The summed E-state index contributed by atoms with van der Waals surface area (Å²) in [5, 5.41) is 3.49. The van der Waals surface area contributed by atoms with Gasteiger partial charge in [0.2, 0.25) is 0 Å². The standard InChI is InChI=1S/C11H22N2O2/c1-9-6-13(10(2)5-12-9)7-11-8-14-3-4-15-11/h9-12H,3-8H2,1-2H3. The topological polar surface area (TPSA) is 33.7 Å². The number of ether oxygens (including phenoxy) is 2. The van der Waals surface area contributed by atoms with Gasteiger partial charge >= 0.3 is 0 Å². The van der Waals surface area contributed by atoms with Gasteiger partial charge in [0.15, 0.2) is 0 Å². The fraction of sp³-hybridized carbons (Fsp3) is 1.00. The molecule has 0 aromatic carbocycles. The summed E-state index contributed by atoms with van der Waals surface area (Å²) in [4.78, 5) is 2.50. The van der Waals surface area contributed by atoms with Crippen LogP contribution in [0.1, 0.15) is 13.8 Å². The lowest BCUT2D eigenvalue weighted by Crippen LogP contribution is -2.56. The molecule has 0 bridgehead atoms. The Hall–Kier alpha value is -0.160. The van der Waals surface area contributed by atoms with E-state index in [2.05, 4.69) is 24.1 Å². The molecule has 2 heterocycles. The van der Waals surface area contributed by atoms with Gasteiger partial charge < -0.3 is 14.8 Å². The molecule has 88 valence electrons. The van der Waals surface area contributed by atoms with E-state index in [1.54, 1.807) is 0 Å². The van der Waals surface area contributed by atoms with Crippen molar-refractivity contribution in [3.63, 3.8) is 0 Å². The zero-order valence-electron chi connectivity index (χ0n) is 9.74. The third-order valence-corrected chi connectivity index (χ3v) is 3.22. The highest BCUT2D eigenvalue weighted by Gasteiger charge is 2.26. The predicted molar refractivity (Wildman–Crippen MR) is 59.1 cm³/mol. The smallest absolute Gasteiger partial charge is 0.0936 e. The van der Waals surface area contributed by atoms with E-state index in [0.717, 1.165) is 39.5 Å². The lowest BCUT2D eigenvalue weighted by molar-refractivity contribution is -0.102. The molecule has 3 unspecified atom stereocenters. The van der Waals surface area contributed by atoms with Gasteiger partial charge in [0, 0.05) is 31.7 Å². The molecule has 0 amide bonds. The summed E-state index contributed by atoms with van der Waals surface area (Å²) in [5.41, 5.74) is 0. The second kappa shape index (κ2) is 5.25. The summed E-state index contributed by atoms with van der Waals surface area (Å²) in [6, 6.07) is 1.19. The molecule has 4 nitrogen and oxygen atoms in total. The zero-order valence-corrected chi connectivity index (χ0v) is 9.74. The summed E-state index contributed by atoms with van der Waals surface area (Å²) in [6.45, 7) is 9.96. The lowest BCUT2D eigenvalue weighted by Gasteiger charge is -2.39. The molecule has 1 N–H and O–H groups in total. The van der Waals surface area contributed by atoms with Gasteiger partial charge in [-0.2, -0.15) is 0 Å². The van der Waals surface area contributed by atoms with Crippen LogP contribution in [0.4, 0.5) is 0 Å². The molecule has 2 saturated heterocycles. The van der Waals surface area contributed by atoms with Crippen molar-refractivity contribution < 1.29 is 9.47 Å². The van der Waals surface area contributed by atoms with Gasteiger partial charge in [-0.1, -0.05) is 0 Å². The van der Waals surface area contributed by atoms with Crippen LogP contribution >= 0.6 is 0 Å². The maximum Gasteiger partial charge on any atom is 0.0936 e. The third-order valence-electron chi connectivity index (χ3n) is 3.22. The first-order valence-corrected chi connectivity index (χ1v) is 5.92. The fourth-order valence-corrected chi connectivity index (χ4v) is 2.26. The Labute approximate surface area is 91.9 Å². The average molecular weight is 214 g/mol. The van der Waals surface area contributed by atoms with Crippen LogP contribution in [-0.2, 0) is 9.47 Å². The van der Waals surface area contributed by atoms with Crippen molar-refractivity contribution in [1.29, 1.82) is 0 Å². The summed E-state index contributed by atoms with van der Waals surface area (Å²) in [6.07, 6.45) is 0.270. The second-order valence-corrected chi connectivity index (χ2v) is 4.68. The Bertz CT molecular complexity index is 195. The molecule has 15 heavy (non-hydrogen) atoms. The van der Waals surface area contributed by atoms with Crippen molar-refractivity contribution in [2.75, 3.05) is 39.5 Å². The maximum absolute atomic E-state index is 5.68. The van der Waals surface area contributed by atoms with E-state index in [-0.39, 0.29) is 6.10 Å². The molecule has 2 fully saturated rings. The third kappa shape index (κ3) is 3.14. The van der Waals surface area contributed by atoms with E-state index in [1.165, 1.54) is 0 Å². The molecule has 0 spiro atoms. The number of hydrogen-bond acceptors (Lipinski definition) is 4. The monoisotopic (exact) mass is 214 g/mol. The van der Waals surface area contributed by atoms with Gasteiger partial charge in [-0.3, -0.25) is 4.90 Å². The van der Waals surface area contributed by atoms with Crippen molar-refractivity contribution in [3.8, 4) is 0 Å². The average Bonchev–Trinajstić information content (AvgIpc) is 2.25. The maximum atomic E-state index is 5.68. The lowest BCUT2D eigenvalue weighted by atomic mass is 10.1. The van der Waals surface area contributed by atoms with Crippen LogP contribution < -0.4 is 5.32 Å². The van der Waals surface area contributed by atoms with Gasteiger partial charge in [-0.15, -0.1) is 0 Å². The Morgan fingerprint density at radius 1 is 1.33 bits per heavy atom. The van der Waals surface area contributed by atoms with E-state index in [9.17, 15) is 0 Å². The van der Waals surface area contributed by atoms with Gasteiger partial charge in [0.25, 0.3) is 0 Å². The summed E-state index contributed by atoms with van der Waals surface area (Å²) in [5.74, 6) is 0. The predicted octanol–water partition coefficient (Wildman–Crippen LogP) is 0.0840. The van der Waals surface area contributed by atoms with Crippen molar-refractivity contribution in [3.05, 3.63) is 0 Å². The minimum Gasteiger partial charge on any atom is -0.376 e. The minimum atomic E-state index is 0.270. The summed E-state index contributed by atoms with van der Waals surface area (Å²) >= 11 is 0. The number of nitrogens with zero attached hydrogens (tertiary/aromatic N) is 1. The molecular weight excluding hydrogens is 192 g/mol. The Morgan fingerprint density at radius 2 is 2.20 bits per heavy atom. The highest BCUT2D eigenvalue weighted by atomic mass is 16.6. The first-order valence-electron chi connectivity index (χ1n) is 5.92. The molecule has 0 saturated carbocycles. The van der Waals surface area contributed by atoms with Gasteiger partial charge in [0.05, 0.1) is 25.9 Å². The molecule has 2 aliphatic heterocycles.